The predicted molar refractivity (Wildman–Crippen MR) is 75.8 cm³/mol. The average Bonchev–Trinajstić information content (AvgIpc) is 2.43. The number of fused-ring (bicyclic) bond motifs is 1. The fraction of sp³-hybridized carbons (Fsp3) is 0.267. The van der Waals surface area contributed by atoms with Crippen molar-refractivity contribution in [2.75, 3.05) is 20.3 Å². The summed E-state index contributed by atoms with van der Waals surface area (Å²) in [4.78, 5) is 11.5. The zero-order chi connectivity index (χ0) is 13.7. The summed E-state index contributed by atoms with van der Waals surface area (Å²) < 4.78 is 4.96. The Labute approximate surface area is 112 Å². The summed E-state index contributed by atoms with van der Waals surface area (Å²) in [5.74, 6) is -0.383. The van der Waals surface area contributed by atoms with Gasteiger partial charge in [0.15, 0.2) is 0 Å². The lowest BCUT2D eigenvalue weighted by molar-refractivity contribution is -0.120. The number of hydrogen-bond acceptors (Lipinski definition) is 3. The highest BCUT2D eigenvalue weighted by Crippen LogP contribution is 2.20. The van der Waals surface area contributed by atoms with Gasteiger partial charge in [0.25, 0.3) is 0 Å². The highest BCUT2D eigenvalue weighted by molar-refractivity contribution is 5.86. The standard InChI is InChI=1S/C15H18N2O2/c1-19-9-8-17-14(15(16)18)13-7-6-11-4-2-3-5-12(11)10-13/h2-7,10,14,17H,8-9H2,1H3,(H2,16,18). The number of carbonyl (C=O) groups excluding carboxylic acids is 1. The van der Waals surface area contributed by atoms with Crippen molar-refractivity contribution in [2.24, 2.45) is 5.73 Å². The van der Waals surface area contributed by atoms with Gasteiger partial charge in [-0.05, 0) is 22.4 Å². The topological polar surface area (TPSA) is 64.3 Å². The molecule has 0 fully saturated rings. The molecule has 3 N–H and O–H groups in total. The number of benzene rings is 2. The molecule has 0 aliphatic rings. The minimum atomic E-state index is -0.486. The molecule has 0 aliphatic carbocycles. The SMILES string of the molecule is COCCNC(C(N)=O)c1ccc2ccccc2c1. The van der Waals surface area contributed by atoms with Gasteiger partial charge in [-0.3, -0.25) is 10.1 Å². The van der Waals surface area contributed by atoms with Gasteiger partial charge in [-0.1, -0.05) is 36.4 Å². The van der Waals surface area contributed by atoms with E-state index in [1.165, 1.54) is 0 Å². The van der Waals surface area contributed by atoms with Crippen molar-refractivity contribution in [3.8, 4) is 0 Å². The summed E-state index contributed by atoms with van der Waals surface area (Å²) in [7, 11) is 1.62. The molecule has 19 heavy (non-hydrogen) atoms. The number of amides is 1. The molecule has 2 aromatic rings. The van der Waals surface area contributed by atoms with Crippen LogP contribution in [0.2, 0.25) is 0 Å². The van der Waals surface area contributed by atoms with E-state index < -0.39 is 6.04 Å². The quantitative estimate of drug-likeness (QED) is 0.774. The van der Waals surface area contributed by atoms with Gasteiger partial charge in [-0.15, -0.1) is 0 Å². The van der Waals surface area contributed by atoms with Crippen LogP contribution >= 0.6 is 0 Å². The van der Waals surface area contributed by atoms with Crippen molar-refractivity contribution in [3.63, 3.8) is 0 Å². The van der Waals surface area contributed by atoms with Crippen molar-refractivity contribution in [2.45, 2.75) is 6.04 Å². The van der Waals surface area contributed by atoms with Gasteiger partial charge in [-0.2, -0.15) is 0 Å². The zero-order valence-electron chi connectivity index (χ0n) is 10.9. The van der Waals surface area contributed by atoms with E-state index in [0.29, 0.717) is 13.2 Å². The Kier molecular flexibility index (Phi) is 4.49. The van der Waals surface area contributed by atoms with E-state index in [4.69, 9.17) is 10.5 Å². The van der Waals surface area contributed by atoms with Gasteiger partial charge in [0.1, 0.15) is 6.04 Å². The van der Waals surface area contributed by atoms with Gasteiger partial charge in [-0.25, -0.2) is 0 Å². The molecule has 2 aromatic carbocycles. The van der Waals surface area contributed by atoms with Gasteiger partial charge in [0, 0.05) is 13.7 Å². The van der Waals surface area contributed by atoms with Gasteiger partial charge < -0.3 is 10.5 Å². The molecule has 0 saturated carbocycles. The molecule has 0 aromatic heterocycles. The van der Waals surface area contributed by atoms with Crippen LogP contribution in [0.3, 0.4) is 0 Å². The fourth-order valence-electron chi connectivity index (χ4n) is 2.08. The Bertz CT molecular complexity index is 569. The van der Waals surface area contributed by atoms with E-state index in [1.807, 2.05) is 42.5 Å². The molecule has 1 atom stereocenters. The van der Waals surface area contributed by atoms with Crippen molar-refractivity contribution < 1.29 is 9.53 Å². The van der Waals surface area contributed by atoms with Crippen molar-refractivity contribution in [1.82, 2.24) is 5.32 Å². The molecule has 0 aliphatic heterocycles. The summed E-state index contributed by atoms with van der Waals surface area (Å²) in [5.41, 5.74) is 6.33. The van der Waals surface area contributed by atoms with Crippen LogP contribution in [0.15, 0.2) is 42.5 Å². The Morgan fingerprint density at radius 3 is 2.68 bits per heavy atom. The molecule has 0 heterocycles. The fourth-order valence-corrected chi connectivity index (χ4v) is 2.08. The van der Waals surface area contributed by atoms with Crippen LogP contribution in [-0.4, -0.2) is 26.2 Å². The molecule has 0 radical (unpaired) electrons. The number of ether oxygens (including phenoxy) is 1. The molecule has 2 rings (SSSR count). The van der Waals surface area contributed by atoms with Crippen LogP contribution < -0.4 is 11.1 Å². The molecular formula is C15H18N2O2. The van der Waals surface area contributed by atoms with Gasteiger partial charge in [0.2, 0.25) is 5.91 Å². The Balaban J connectivity index is 2.25. The maximum absolute atomic E-state index is 11.5. The maximum atomic E-state index is 11.5. The molecule has 1 unspecified atom stereocenters. The second-order valence-electron chi connectivity index (χ2n) is 4.39. The number of methoxy groups -OCH3 is 1. The molecule has 0 saturated heterocycles. The van der Waals surface area contributed by atoms with E-state index in [-0.39, 0.29) is 5.91 Å². The third-order valence-electron chi connectivity index (χ3n) is 3.05. The number of primary amides is 1. The summed E-state index contributed by atoms with van der Waals surface area (Å²) in [5, 5.41) is 5.34. The van der Waals surface area contributed by atoms with Crippen molar-refractivity contribution in [1.29, 1.82) is 0 Å². The van der Waals surface area contributed by atoms with Crippen LogP contribution in [-0.2, 0) is 9.53 Å². The molecule has 4 heteroatoms. The summed E-state index contributed by atoms with van der Waals surface area (Å²) in [6, 6.07) is 13.5. The van der Waals surface area contributed by atoms with Gasteiger partial charge in [0.05, 0.1) is 6.61 Å². The maximum Gasteiger partial charge on any atom is 0.239 e. The lowest BCUT2D eigenvalue weighted by Crippen LogP contribution is -2.35. The number of nitrogens with one attached hydrogen (secondary N) is 1. The smallest absolute Gasteiger partial charge is 0.239 e. The predicted octanol–water partition coefficient (Wildman–Crippen LogP) is 1.60. The van der Waals surface area contributed by atoms with Crippen molar-refractivity contribution >= 4 is 16.7 Å². The van der Waals surface area contributed by atoms with Gasteiger partial charge >= 0.3 is 0 Å². The molecule has 100 valence electrons. The monoisotopic (exact) mass is 258 g/mol. The molecule has 0 bridgehead atoms. The average molecular weight is 258 g/mol. The second-order valence-corrected chi connectivity index (χ2v) is 4.39. The van der Waals surface area contributed by atoms with E-state index in [2.05, 4.69) is 5.32 Å². The van der Waals surface area contributed by atoms with E-state index in [9.17, 15) is 4.79 Å². The number of nitrogens with two attached hydrogens (primary N) is 1. The lowest BCUT2D eigenvalue weighted by Gasteiger charge is -2.16. The molecule has 1 amide bonds. The number of carbonyl (C=O) groups is 1. The number of rotatable bonds is 6. The van der Waals surface area contributed by atoms with E-state index in [1.54, 1.807) is 7.11 Å². The van der Waals surface area contributed by atoms with Crippen LogP contribution in [0.4, 0.5) is 0 Å². The first kappa shape index (κ1) is 13.5. The lowest BCUT2D eigenvalue weighted by atomic mass is 10.0. The van der Waals surface area contributed by atoms with E-state index >= 15 is 0 Å². The van der Waals surface area contributed by atoms with E-state index in [0.717, 1.165) is 16.3 Å². The molecular weight excluding hydrogens is 240 g/mol. The molecule has 0 spiro atoms. The van der Waals surface area contributed by atoms with Crippen LogP contribution in [0, 0.1) is 0 Å². The summed E-state index contributed by atoms with van der Waals surface area (Å²) >= 11 is 0. The van der Waals surface area contributed by atoms with Crippen LogP contribution in [0.5, 0.6) is 0 Å². The Hall–Kier alpha value is -1.91. The summed E-state index contributed by atoms with van der Waals surface area (Å²) in [6.07, 6.45) is 0. The number of hydrogen-bond donors (Lipinski definition) is 2. The normalized spacial score (nSPS) is 12.5. The van der Waals surface area contributed by atoms with Crippen LogP contribution in [0.1, 0.15) is 11.6 Å². The largest absolute Gasteiger partial charge is 0.383 e. The summed E-state index contributed by atoms with van der Waals surface area (Å²) in [6.45, 7) is 1.12. The second kappa shape index (κ2) is 6.31. The first-order valence-electron chi connectivity index (χ1n) is 6.22. The molecule has 4 nitrogen and oxygen atoms in total. The van der Waals surface area contributed by atoms with Crippen molar-refractivity contribution in [3.05, 3.63) is 48.0 Å². The minimum absolute atomic E-state index is 0.383. The third kappa shape index (κ3) is 3.30. The first-order valence-corrected chi connectivity index (χ1v) is 6.22. The van der Waals surface area contributed by atoms with Crippen LogP contribution in [0.25, 0.3) is 10.8 Å². The Morgan fingerprint density at radius 2 is 2.00 bits per heavy atom. The highest BCUT2D eigenvalue weighted by Gasteiger charge is 2.16. The zero-order valence-corrected chi connectivity index (χ0v) is 10.9. The highest BCUT2D eigenvalue weighted by atomic mass is 16.5. The Morgan fingerprint density at radius 1 is 1.26 bits per heavy atom. The third-order valence-corrected chi connectivity index (χ3v) is 3.05. The first-order chi connectivity index (χ1) is 9.22. The minimum Gasteiger partial charge on any atom is -0.383 e.